The lowest BCUT2D eigenvalue weighted by Crippen LogP contribution is -2.10. The Morgan fingerprint density at radius 2 is 1.94 bits per heavy atom. The molecule has 0 aliphatic heterocycles. The Morgan fingerprint density at radius 1 is 1.28 bits per heavy atom. The minimum Gasteiger partial charge on any atom is -0.381 e. The summed E-state index contributed by atoms with van der Waals surface area (Å²) in [7, 11) is -0.758. The van der Waals surface area contributed by atoms with E-state index < -0.39 is 10.8 Å². The summed E-state index contributed by atoms with van der Waals surface area (Å²) in [5.74, 6) is 1.66. The predicted molar refractivity (Wildman–Crippen MR) is 76.0 cm³/mol. The smallest absolute Gasteiger partial charge is 0.169 e. The fourth-order valence-corrected chi connectivity index (χ4v) is 2.18. The lowest BCUT2D eigenvalue weighted by molar-refractivity contribution is 0.685. The van der Waals surface area contributed by atoms with Crippen LogP contribution in [-0.4, -0.2) is 32.7 Å². The molecule has 2 rings (SSSR count). The molecule has 0 radical (unpaired) electrons. The van der Waals surface area contributed by atoms with E-state index in [0.717, 1.165) is 17.5 Å². The maximum Gasteiger partial charge on any atom is 0.169 e. The molecule has 0 saturated heterocycles. The highest BCUT2D eigenvalue weighted by Crippen LogP contribution is 2.17. The fourth-order valence-electron chi connectivity index (χ4n) is 1.63. The Bertz CT molecular complexity index is 573. The standard InChI is InChI=1S/C12H16N4OS/c1-18(17)8-4-7-14-12-11(13)15-9-5-2-3-6-10(9)16-12/h2-3,5-6H,4,7-8H2,1H3,(H2,13,15)(H,14,16). The van der Waals surface area contributed by atoms with Gasteiger partial charge in [0.15, 0.2) is 11.6 Å². The Morgan fingerprint density at radius 3 is 2.61 bits per heavy atom. The van der Waals surface area contributed by atoms with Crippen LogP contribution in [-0.2, 0) is 10.8 Å². The fraction of sp³-hybridized carbons (Fsp3) is 0.333. The maximum atomic E-state index is 10.9. The average Bonchev–Trinajstić information content (AvgIpc) is 2.34. The summed E-state index contributed by atoms with van der Waals surface area (Å²) in [6.45, 7) is 0.691. The molecule has 0 spiro atoms. The number of nitrogens with zero attached hydrogens (tertiary/aromatic N) is 2. The van der Waals surface area contributed by atoms with Crippen molar-refractivity contribution in [1.82, 2.24) is 9.97 Å². The summed E-state index contributed by atoms with van der Waals surface area (Å²) in [6, 6.07) is 7.59. The molecule has 0 bridgehead atoms. The van der Waals surface area contributed by atoms with E-state index in [9.17, 15) is 4.21 Å². The van der Waals surface area contributed by atoms with Gasteiger partial charge in [0, 0.05) is 29.4 Å². The lowest BCUT2D eigenvalue weighted by Gasteiger charge is -2.08. The summed E-state index contributed by atoms with van der Waals surface area (Å²) in [5, 5.41) is 3.13. The third kappa shape index (κ3) is 3.16. The van der Waals surface area contributed by atoms with E-state index in [-0.39, 0.29) is 0 Å². The molecule has 3 N–H and O–H groups in total. The van der Waals surface area contributed by atoms with Crippen molar-refractivity contribution in [2.75, 3.05) is 29.6 Å². The van der Waals surface area contributed by atoms with E-state index in [1.54, 1.807) is 6.26 Å². The number of nitrogen functional groups attached to an aromatic ring is 1. The number of anilines is 2. The molecule has 1 heterocycles. The van der Waals surface area contributed by atoms with Gasteiger partial charge in [0.05, 0.1) is 11.0 Å². The van der Waals surface area contributed by atoms with Crippen LogP contribution in [0.15, 0.2) is 24.3 Å². The second-order valence-electron chi connectivity index (χ2n) is 4.00. The molecule has 0 amide bonds. The van der Waals surface area contributed by atoms with Gasteiger partial charge >= 0.3 is 0 Å². The van der Waals surface area contributed by atoms with E-state index in [0.29, 0.717) is 23.9 Å². The number of rotatable bonds is 5. The molecule has 0 aliphatic carbocycles. The van der Waals surface area contributed by atoms with E-state index in [1.165, 1.54) is 0 Å². The SMILES string of the molecule is CS(=O)CCCNc1nc2ccccc2nc1N. The van der Waals surface area contributed by atoms with Crippen LogP contribution in [0.25, 0.3) is 11.0 Å². The van der Waals surface area contributed by atoms with Crippen LogP contribution in [0.1, 0.15) is 6.42 Å². The largest absolute Gasteiger partial charge is 0.381 e. The molecular formula is C12H16N4OS. The van der Waals surface area contributed by atoms with Crippen molar-refractivity contribution in [3.05, 3.63) is 24.3 Å². The predicted octanol–water partition coefficient (Wildman–Crippen LogP) is 1.39. The summed E-state index contributed by atoms with van der Waals surface area (Å²) < 4.78 is 10.9. The van der Waals surface area contributed by atoms with Gasteiger partial charge in [0.25, 0.3) is 0 Å². The van der Waals surface area contributed by atoms with E-state index in [2.05, 4.69) is 15.3 Å². The Hall–Kier alpha value is -1.69. The van der Waals surface area contributed by atoms with E-state index in [1.807, 2.05) is 24.3 Å². The van der Waals surface area contributed by atoms with Gasteiger partial charge in [-0.15, -0.1) is 0 Å². The first-order chi connectivity index (χ1) is 8.66. The highest BCUT2D eigenvalue weighted by molar-refractivity contribution is 7.84. The number of aromatic nitrogens is 2. The quantitative estimate of drug-likeness (QED) is 0.798. The number of para-hydroxylation sites is 2. The highest BCUT2D eigenvalue weighted by Gasteiger charge is 2.04. The van der Waals surface area contributed by atoms with Crippen LogP contribution in [0.4, 0.5) is 11.6 Å². The second-order valence-corrected chi connectivity index (χ2v) is 5.56. The van der Waals surface area contributed by atoms with Gasteiger partial charge in [0.1, 0.15) is 0 Å². The summed E-state index contributed by atoms with van der Waals surface area (Å²) in [5.41, 5.74) is 7.43. The van der Waals surface area contributed by atoms with Gasteiger partial charge < -0.3 is 11.1 Å². The van der Waals surface area contributed by atoms with Crippen molar-refractivity contribution in [2.45, 2.75) is 6.42 Å². The molecule has 6 heteroatoms. The average molecular weight is 264 g/mol. The monoisotopic (exact) mass is 264 g/mol. The first kappa shape index (κ1) is 12.8. The van der Waals surface area contributed by atoms with Crippen LogP contribution in [0.5, 0.6) is 0 Å². The van der Waals surface area contributed by atoms with Crippen molar-refractivity contribution >= 4 is 33.5 Å². The van der Waals surface area contributed by atoms with Gasteiger partial charge in [-0.3, -0.25) is 4.21 Å². The second kappa shape index (κ2) is 5.77. The number of fused-ring (bicyclic) bond motifs is 1. The zero-order valence-corrected chi connectivity index (χ0v) is 11.0. The normalized spacial score (nSPS) is 12.5. The van der Waals surface area contributed by atoms with Crippen molar-refractivity contribution in [1.29, 1.82) is 0 Å². The Labute approximate surface area is 108 Å². The molecule has 0 saturated carbocycles. The summed E-state index contributed by atoms with van der Waals surface area (Å²) >= 11 is 0. The van der Waals surface area contributed by atoms with Gasteiger partial charge in [-0.05, 0) is 18.6 Å². The first-order valence-corrected chi connectivity index (χ1v) is 7.45. The van der Waals surface area contributed by atoms with E-state index >= 15 is 0 Å². The van der Waals surface area contributed by atoms with Gasteiger partial charge in [0.2, 0.25) is 0 Å². The van der Waals surface area contributed by atoms with Crippen LogP contribution in [0, 0.1) is 0 Å². The van der Waals surface area contributed by atoms with Gasteiger partial charge in [-0.2, -0.15) is 0 Å². The number of nitrogens with one attached hydrogen (secondary N) is 1. The first-order valence-electron chi connectivity index (χ1n) is 5.73. The van der Waals surface area contributed by atoms with Gasteiger partial charge in [-0.25, -0.2) is 9.97 Å². The van der Waals surface area contributed by atoms with Crippen LogP contribution in [0.2, 0.25) is 0 Å². The lowest BCUT2D eigenvalue weighted by atomic mass is 10.3. The van der Waals surface area contributed by atoms with Crippen molar-refractivity contribution in [3.8, 4) is 0 Å². The molecular weight excluding hydrogens is 248 g/mol. The summed E-state index contributed by atoms with van der Waals surface area (Å²) in [6.07, 6.45) is 2.52. The van der Waals surface area contributed by atoms with Crippen LogP contribution < -0.4 is 11.1 Å². The Balaban J connectivity index is 2.08. The number of hydrogen-bond acceptors (Lipinski definition) is 5. The topological polar surface area (TPSA) is 80.9 Å². The molecule has 1 aromatic heterocycles. The molecule has 2 aromatic rings. The molecule has 18 heavy (non-hydrogen) atoms. The molecule has 1 aromatic carbocycles. The number of benzene rings is 1. The zero-order valence-electron chi connectivity index (χ0n) is 10.2. The molecule has 1 atom stereocenters. The van der Waals surface area contributed by atoms with Crippen molar-refractivity contribution < 1.29 is 4.21 Å². The van der Waals surface area contributed by atoms with E-state index in [4.69, 9.17) is 5.73 Å². The van der Waals surface area contributed by atoms with Crippen molar-refractivity contribution in [3.63, 3.8) is 0 Å². The van der Waals surface area contributed by atoms with Crippen LogP contribution >= 0.6 is 0 Å². The maximum absolute atomic E-state index is 10.9. The van der Waals surface area contributed by atoms with Crippen LogP contribution in [0.3, 0.4) is 0 Å². The molecule has 5 nitrogen and oxygen atoms in total. The number of nitrogens with two attached hydrogens (primary N) is 1. The van der Waals surface area contributed by atoms with Gasteiger partial charge in [-0.1, -0.05) is 12.1 Å². The Kier molecular flexibility index (Phi) is 4.09. The van der Waals surface area contributed by atoms with Crippen molar-refractivity contribution in [2.24, 2.45) is 0 Å². The molecule has 0 fully saturated rings. The third-order valence-electron chi connectivity index (χ3n) is 2.50. The molecule has 1 unspecified atom stereocenters. The zero-order chi connectivity index (χ0) is 13.0. The minimum atomic E-state index is -0.758. The molecule has 0 aliphatic rings. The third-order valence-corrected chi connectivity index (χ3v) is 3.36. The molecule has 96 valence electrons. The minimum absolute atomic E-state index is 0.395. The highest BCUT2D eigenvalue weighted by atomic mass is 32.2. The number of hydrogen-bond donors (Lipinski definition) is 2. The summed E-state index contributed by atoms with van der Waals surface area (Å²) in [4.78, 5) is 8.70.